The number of aromatic nitrogens is 4. The third-order valence-electron chi connectivity index (χ3n) is 2.82. The molecule has 1 aromatic carbocycles. The molecule has 1 unspecified atom stereocenters. The topological polar surface area (TPSA) is 107 Å². The molecular formula is C14H14Cl3N5O3. The van der Waals surface area contributed by atoms with Crippen LogP contribution < -0.4 is 5.32 Å². The van der Waals surface area contributed by atoms with Gasteiger partial charge in [-0.1, -0.05) is 23.7 Å². The fourth-order valence-corrected chi connectivity index (χ4v) is 1.80. The first-order chi connectivity index (χ1) is 11.7. The second kappa shape index (κ2) is 10.1. The molecule has 8 nitrogen and oxygen atoms in total. The number of nitrogens with one attached hydrogen (secondary N) is 1. The summed E-state index contributed by atoms with van der Waals surface area (Å²) in [6.07, 6.45) is 0.307. The van der Waals surface area contributed by atoms with Crippen LogP contribution in [0, 0.1) is 0 Å². The Morgan fingerprint density at radius 3 is 2.40 bits per heavy atom. The van der Waals surface area contributed by atoms with E-state index in [4.69, 9.17) is 11.6 Å². The Kier molecular flexibility index (Phi) is 8.47. The van der Waals surface area contributed by atoms with Crippen LogP contribution in [0.4, 0.5) is 0 Å². The van der Waals surface area contributed by atoms with Crippen molar-refractivity contribution in [2.75, 3.05) is 7.05 Å². The second-order valence-corrected chi connectivity index (χ2v) is 5.84. The lowest BCUT2D eigenvalue weighted by Gasteiger charge is -2.07. The van der Waals surface area contributed by atoms with Crippen molar-refractivity contribution in [3.05, 3.63) is 29.3 Å². The standard InChI is InChI=1S/C12H14ClN5O.C2Cl2O2/c1-8(6-11(19)14-2)18-16-12(15-17-18)9-4-3-5-10(13)7-9;3-1(5)2(4)6/h3-5,7-8H,6H2,1-2H3,(H,14,19);. The van der Waals surface area contributed by atoms with E-state index >= 15 is 0 Å². The largest absolute Gasteiger partial charge is 0.359 e. The summed E-state index contributed by atoms with van der Waals surface area (Å²) in [6.45, 7) is 1.86. The van der Waals surface area contributed by atoms with E-state index in [0.717, 1.165) is 5.56 Å². The summed E-state index contributed by atoms with van der Waals surface area (Å²) in [5.74, 6) is 0.431. The number of tetrazole rings is 1. The predicted molar refractivity (Wildman–Crippen MR) is 93.4 cm³/mol. The van der Waals surface area contributed by atoms with Gasteiger partial charge in [-0.3, -0.25) is 14.4 Å². The van der Waals surface area contributed by atoms with Gasteiger partial charge < -0.3 is 5.32 Å². The Bertz CT molecular complexity index is 754. The van der Waals surface area contributed by atoms with Crippen LogP contribution in [-0.2, 0) is 14.4 Å². The summed E-state index contributed by atoms with van der Waals surface area (Å²) in [5, 5.41) is 13.1. The lowest BCUT2D eigenvalue weighted by atomic mass is 10.2. The van der Waals surface area contributed by atoms with Gasteiger partial charge in [0.2, 0.25) is 11.7 Å². The molecular weight excluding hydrogens is 393 g/mol. The molecule has 0 spiro atoms. The first kappa shape index (κ1) is 21.0. The van der Waals surface area contributed by atoms with Crippen LogP contribution in [-0.4, -0.2) is 43.6 Å². The van der Waals surface area contributed by atoms with Crippen molar-refractivity contribution in [1.82, 2.24) is 25.5 Å². The lowest BCUT2D eigenvalue weighted by Crippen LogP contribution is -2.22. The molecule has 0 aliphatic rings. The van der Waals surface area contributed by atoms with Crippen LogP contribution in [0.25, 0.3) is 11.4 Å². The highest BCUT2D eigenvalue weighted by Gasteiger charge is 2.14. The van der Waals surface area contributed by atoms with Crippen molar-refractivity contribution >= 4 is 51.2 Å². The van der Waals surface area contributed by atoms with Crippen molar-refractivity contribution in [2.24, 2.45) is 0 Å². The van der Waals surface area contributed by atoms with Crippen molar-refractivity contribution in [3.8, 4) is 11.4 Å². The smallest absolute Gasteiger partial charge is 0.304 e. The summed E-state index contributed by atoms with van der Waals surface area (Å²) >= 11 is 14.9. The maximum absolute atomic E-state index is 11.3. The van der Waals surface area contributed by atoms with E-state index in [-0.39, 0.29) is 11.9 Å². The summed E-state index contributed by atoms with van der Waals surface area (Å²) in [7, 11) is 1.60. The molecule has 0 bridgehead atoms. The maximum atomic E-state index is 11.3. The molecule has 1 N–H and O–H groups in total. The van der Waals surface area contributed by atoms with Crippen molar-refractivity contribution in [1.29, 1.82) is 0 Å². The molecule has 0 saturated carbocycles. The van der Waals surface area contributed by atoms with Crippen molar-refractivity contribution in [3.63, 3.8) is 0 Å². The molecule has 1 atom stereocenters. The van der Waals surface area contributed by atoms with Gasteiger partial charge in [0.1, 0.15) is 0 Å². The molecule has 2 rings (SSSR count). The zero-order valence-electron chi connectivity index (χ0n) is 13.2. The fraction of sp³-hybridized carbons (Fsp3) is 0.286. The molecule has 1 aromatic heterocycles. The number of hydrogen-bond donors (Lipinski definition) is 1. The first-order valence-electron chi connectivity index (χ1n) is 6.90. The van der Waals surface area contributed by atoms with Gasteiger partial charge in [0, 0.05) is 17.6 Å². The Morgan fingerprint density at radius 1 is 1.24 bits per heavy atom. The van der Waals surface area contributed by atoms with E-state index in [2.05, 4.69) is 43.9 Å². The van der Waals surface area contributed by atoms with Crippen LogP contribution >= 0.6 is 34.8 Å². The van der Waals surface area contributed by atoms with Crippen molar-refractivity contribution in [2.45, 2.75) is 19.4 Å². The molecule has 1 heterocycles. The van der Waals surface area contributed by atoms with Crippen LogP contribution in [0.5, 0.6) is 0 Å². The van der Waals surface area contributed by atoms with E-state index in [0.29, 0.717) is 17.3 Å². The van der Waals surface area contributed by atoms with Crippen molar-refractivity contribution < 1.29 is 14.4 Å². The normalized spacial score (nSPS) is 11.1. The summed E-state index contributed by atoms with van der Waals surface area (Å²) in [4.78, 5) is 31.6. The molecule has 0 fully saturated rings. The Hall–Kier alpha value is -2.03. The van der Waals surface area contributed by atoms with E-state index in [1.54, 1.807) is 19.2 Å². The molecule has 2 aromatic rings. The summed E-state index contributed by atoms with van der Waals surface area (Å²) < 4.78 is 0. The zero-order valence-corrected chi connectivity index (χ0v) is 15.5. The Morgan fingerprint density at radius 2 is 1.88 bits per heavy atom. The van der Waals surface area contributed by atoms with Crippen LogP contribution in [0.3, 0.4) is 0 Å². The van der Waals surface area contributed by atoms with E-state index in [9.17, 15) is 14.4 Å². The van der Waals surface area contributed by atoms with Gasteiger partial charge in [-0.2, -0.15) is 4.80 Å². The quantitative estimate of drug-likeness (QED) is 0.602. The van der Waals surface area contributed by atoms with Crippen LogP contribution in [0.15, 0.2) is 24.3 Å². The van der Waals surface area contributed by atoms with Gasteiger partial charge in [0.25, 0.3) is 0 Å². The van der Waals surface area contributed by atoms with Crippen LogP contribution in [0.1, 0.15) is 19.4 Å². The zero-order chi connectivity index (χ0) is 19.0. The van der Waals surface area contributed by atoms with Gasteiger partial charge in [0.05, 0.1) is 12.5 Å². The number of amides is 1. The number of rotatable bonds is 5. The highest BCUT2D eigenvalue weighted by atomic mass is 35.5. The molecule has 0 aliphatic carbocycles. The average molecular weight is 407 g/mol. The number of nitrogens with zero attached hydrogens (tertiary/aromatic N) is 4. The summed E-state index contributed by atoms with van der Waals surface area (Å²) in [5.41, 5.74) is 0.797. The number of carbonyl (C=O) groups excluding carboxylic acids is 3. The van der Waals surface area contributed by atoms with E-state index in [1.807, 2.05) is 19.1 Å². The number of carbonyl (C=O) groups is 3. The third kappa shape index (κ3) is 7.16. The second-order valence-electron chi connectivity index (χ2n) is 4.72. The highest BCUT2D eigenvalue weighted by Crippen LogP contribution is 2.19. The Balaban J connectivity index is 0.000000450. The molecule has 0 radical (unpaired) electrons. The van der Waals surface area contributed by atoms with Gasteiger partial charge in [-0.15, -0.1) is 10.2 Å². The highest BCUT2D eigenvalue weighted by molar-refractivity contribution is 6.97. The summed E-state index contributed by atoms with van der Waals surface area (Å²) in [6, 6.07) is 7.08. The molecule has 11 heteroatoms. The lowest BCUT2D eigenvalue weighted by molar-refractivity contribution is -0.127. The molecule has 0 aliphatic heterocycles. The van der Waals surface area contributed by atoms with E-state index < -0.39 is 10.5 Å². The third-order valence-corrected chi connectivity index (χ3v) is 3.49. The minimum Gasteiger partial charge on any atom is -0.359 e. The van der Waals surface area contributed by atoms with Gasteiger partial charge >= 0.3 is 10.5 Å². The molecule has 0 saturated heterocycles. The molecule has 25 heavy (non-hydrogen) atoms. The number of benzene rings is 1. The minimum absolute atomic E-state index is 0.0610. The van der Waals surface area contributed by atoms with Gasteiger partial charge in [-0.25, -0.2) is 0 Å². The average Bonchev–Trinajstić information content (AvgIpc) is 3.05. The maximum Gasteiger partial charge on any atom is 0.304 e. The monoisotopic (exact) mass is 405 g/mol. The fourth-order valence-electron chi connectivity index (χ4n) is 1.61. The van der Waals surface area contributed by atoms with Gasteiger partial charge in [-0.05, 0) is 47.5 Å². The SMILES string of the molecule is CNC(=O)CC(C)n1nnc(-c2cccc(Cl)c2)n1.O=C(Cl)C(=O)Cl. The minimum atomic E-state index is -1.14. The number of halogens is 3. The first-order valence-corrected chi connectivity index (χ1v) is 8.03. The predicted octanol–water partition coefficient (Wildman–Crippen LogP) is 2.21. The number of hydrogen-bond acceptors (Lipinski definition) is 6. The Labute approximate surface area is 158 Å². The molecule has 134 valence electrons. The van der Waals surface area contributed by atoms with Crippen LogP contribution in [0.2, 0.25) is 5.02 Å². The molecule has 1 amide bonds. The van der Waals surface area contributed by atoms with E-state index in [1.165, 1.54) is 4.80 Å². The van der Waals surface area contributed by atoms with Gasteiger partial charge in [0.15, 0.2) is 0 Å².